The predicted molar refractivity (Wildman–Crippen MR) is 77.6 cm³/mol. The van der Waals surface area contributed by atoms with Gasteiger partial charge < -0.3 is 9.80 Å². The van der Waals surface area contributed by atoms with Crippen LogP contribution in [0.1, 0.15) is 10.4 Å². The van der Waals surface area contributed by atoms with E-state index in [4.69, 9.17) is 0 Å². The van der Waals surface area contributed by atoms with Gasteiger partial charge in [0.2, 0.25) is 0 Å². The predicted octanol–water partition coefficient (Wildman–Crippen LogP) is 1.62. The number of pyridine rings is 1. The molecular formula is C16H17N3O. The fraction of sp³-hybridized carbons (Fsp3) is 0.375. The van der Waals surface area contributed by atoms with Crippen LogP contribution in [0.15, 0.2) is 36.5 Å². The molecule has 2 fully saturated rings. The maximum absolute atomic E-state index is 12.6. The first-order chi connectivity index (χ1) is 9.67. The van der Waals surface area contributed by atoms with E-state index >= 15 is 0 Å². The standard InChI is InChI=1S/C16H17N3O/c1-18-8-16(9-18)10-19(11-16)15(20)13-6-7-17-14-5-3-2-4-12(13)14/h2-7H,8-11H2,1H3. The minimum atomic E-state index is 0.142. The summed E-state index contributed by atoms with van der Waals surface area (Å²) in [6.45, 7) is 4.03. The maximum atomic E-state index is 12.6. The highest BCUT2D eigenvalue weighted by Crippen LogP contribution is 2.39. The second-order valence-corrected chi connectivity index (χ2v) is 6.21. The molecule has 4 heteroatoms. The summed E-state index contributed by atoms with van der Waals surface area (Å²) < 4.78 is 0. The number of nitrogens with zero attached hydrogens (tertiary/aromatic N) is 3. The van der Waals surface area contributed by atoms with E-state index in [9.17, 15) is 4.79 Å². The number of amides is 1. The molecule has 0 atom stereocenters. The van der Waals surface area contributed by atoms with Gasteiger partial charge >= 0.3 is 0 Å². The summed E-state index contributed by atoms with van der Waals surface area (Å²) in [5, 5.41) is 0.951. The number of fused-ring (bicyclic) bond motifs is 1. The van der Waals surface area contributed by atoms with Crippen LogP contribution in [0.2, 0.25) is 0 Å². The highest BCUT2D eigenvalue weighted by atomic mass is 16.2. The van der Waals surface area contributed by atoms with Crippen LogP contribution in [0.3, 0.4) is 0 Å². The first-order valence-corrected chi connectivity index (χ1v) is 6.99. The van der Waals surface area contributed by atoms with Crippen LogP contribution in [0.25, 0.3) is 10.9 Å². The van der Waals surface area contributed by atoms with Gasteiger partial charge in [0.1, 0.15) is 0 Å². The van der Waals surface area contributed by atoms with Crippen molar-refractivity contribution in [2.75, 3.05) is 33.2 Å². The average Bonchev–Trinajstić information content (AvgIpc) is 2.40. The number of carbonyl (C=O) groups excluding carboxylic acids is 1. The van der Waals surface area contributed by atoms with E-state index < -0.39 is 0 Å². The molecule has 0 bridgehead atoms. The first-order valence-electron chi connectivity index (χ1n) is 6.99. The lowest BCUT2D eigenvalue weighted by Gasteiger charge is -2.59. The number of likely N-dealkylation sites (tertiary alicyclic amines) is 2. The van der Waals surface area contributed by atoms with Crippen LogP contribution in [-0.2, 0) is 0 Å². The first kappa shape index (κ1) is 11.9. The third-order valence-electron chi connectivity index (χ3n) is 4.43. The van der Waals surface area contributed by atoms with Crippen LogP contribution in [0.5, 0.6) is 0 Å². The van der Waals surface area contributed by atoms with E-state index in [-0.39, 0.29) is 5.91 Å². The zero-order valence-corrected chi connectivity index (χ0v) is 11.5. The molecule has 0 saturated carbocycles. The van der Waals surface area contributed by atoms with Crippen molar-refractivity contribution >= 4 is 16.8 Å². The van der Waals surface area contributed by atoms with E-state index in [0.717, 1.165) is 42.6 Å². The Kier molecular flexibility index (Phi) is 2.39. The Bertz CT molecular complexity index is 678. The highest BCUT2D eigenvalue weighted by molar-refractivity contribution is 6.06. The molecule has 2 aliphatic heterocycles. The Balaban J connectivity index is 1.59. The van der Waals surface area contributed by atoms with E-state index in [1.54, 1.807) is 6.20 Å². The van der Waals surface area contributed by atoms with Crippen LogP contribution in [0, 0.1) is 5.41 Å². The van der Waals surface area contributed by atoms with Crippen molar-refractivity contribution in [2.24, 2.45) is 5.41 Å². The molecule has 1 aromatic heterocycles. The Labute approximate surface area is 118 Å². The molecule has 2 saturated heterocycles. The number of para-hydroxylation sites is 1. The van der Waals surface area contributed by atoms with Gasteiger partial charge in [-0.2, -0.15) is 0 Å². The molecule has 1 spiro atoms. The number of benzene rings is 1. The van der Waals surface area contributed by atoms with Gasteiger partial charge in [0, 0.05) is 43.2 Å². The number of hydrogen-bond donors (Lipinski definition) is 0. The highest BCUT2D eigenvalue weighted by Gasteiger charge is 2.51. The SMILES string of the molecule is CN1CC2(C1)CN(C(=O)c1ccnc3ccccc13)C2. The minimum Gasteiger partial charge on any atom is -0.337 e. The Morgan fingerprint density at radius 1 is 1.15 bits per heavy atom. The van der Waals surface area contributed by atoms with Gasteiger partial charge in [0.15, 0.2) is 0 Å². The minimum absolute atomic E-state index is 0.142. The molecule has 3 heterocycles. The smallest absolute Gasteiger partial charge is 0.254 e. The second kappa shape index (κ2) is 4.03. The van der Waals surface area contributed by atoms with Crippen molar-refractivity contribution in [2.45, 2.75) is 0 Å². The zero-order chi connectivity index (χ0) is 13.7. The quantitative estimate of drug-likeness (QED) is 0.788. The summed E-state index contributed by atoms with van der Waals surface area (Å²) in [5.41, 5.74) is 2.04. The molecule has 0 radical (unpaired) electrons. The van der Waals surface area contributed by atoms with Crippen molar-refractivity contribution in [3.63, 3.8) is 0 Å². The summed E-state index contributed by atoms with van der Waals surface area (Å²) in [6, 6.07) is 9.67. The monoisotopic (exact) mass is 267 g/mol. The van der Waals surface area contributed by atoms with Crippen LogP contribution < -0.4 is 0 Å². The van der Waals surface area contributed by atoms with Crippen LogP contribution in [0.4, 0.5) is 0 Å². The molecule has 4 rings (SSSR count). The van der Waals surface area contributed by atoms with Gasteiger partial charge in [0.05, 0.1) is 11.1 Å². The summed E-state index contributed by atoms with van der Waals surface area (Å²) in [7, 11) is 2.13. The van der Waals surface area contributed by atoms with E-state index in [0.29, 0.717) is 5.41 Å². The lowest BCUT2D eigenvalue weighted by atomic mass is 9.73. The summed E-state index contributed by atoms with van der Waals surface area (Å²) in [6.07, 6.45) is 1.72. The second-order valence-electron chi connectivity index (χ2n) is 6.21. The zero-order valence-electron chi connectivity index (χ0n) is 11.5. The molecule has 1 aromatic carbocycles. The normalized spacial score (nSPS) is 20.8. The summed E-state index contributed by atoms with van der Waals surface area (Å²) in [4.78, 5) is 21.2. The van der Waals surface area contributed by atoms with E-state index in [2.05, 4.69) is 16.9 Å². The average molecular weight is 267 g/mol. The fourth-order valence-corrected chi connectivity index (χ4v) is 3.66. The topological polar surface area (TPSA) is 36.4 Å². The van der Waals surface area contributed by atoms with Crippen molar-refractivity contribution in [3.8, 4) is 0 Å². The molecule has 2 aliphatic rings. The number of aromatic nitrogens is 1. The number of rotatable bonds is 1. The molecule has 2 aromatic rings. The molecular weight excluding hydrogens is 250 g/mol. The molecule has 4 nitrogen and oxygen atoms in total. The van der Waals surface area contributed by atoms with Gasteiger partial charge in [-0.25, -0.2) is 0 Å². The molecule has 0 N–H and O–H groups in total. The van der Waals surface area contributed by atoms with Crippen molar-refractivity contribution in [3.05, 3.63) is 42.1 Å². The lowest BCUT2D eigenvalue weighted by Crippen LogP contribution is -2.72. The Hall–Kier alpha value is -1.94. The third kappa shape index (κ3) is 1.64. The lowest BCUT2D eigenvalue weighted by molar-refractivity contribution is -0.0871. The fourth-order valence-electron chi connectivity index (χ4n) is 3.66. The molecule has 0 aliphatic carbocycles. The largest absolute Gasteiger partial charge is 0.337 e. The molecule has 0 unspecified atom stereocenters. The maximum Gasteiger partial charge on any atom is 0.254 e. The van der Waals surface area contributed by atoms with Gasteiger partial charge in [0.25, 0.3) is 5.91 Å². The van der Waals surface area contributed by atoms with Gasteiger partial charge in [-0.05, 0) is 19.2 Å². The molecule has 102 valence electrons. The number of carbonyl (C=O) groups is 1. The van der Waals surface area contributed by atoms with Crippen LogP contribution >= 0.6 is 0 Å². The Morgan fingerprint density at radius 3 is 2.65 bits per heavy atom. The van der Waals surface area contributed by atoms with Crippen molar-refractivity contribution < 1.29 is 4.79 Å². The van der Waals surface area contributed by atoms with Gasteiger partial charge in [-0.15, -0.1) is 0 Å². The van der Waals surface area contributed by atoms with Gasteiger partial charge in [-0.3, -0.25) is 9.78 Å². The summed E-state index contributed by atoms with van der Waals surface area (Å²) >= 11 is 0. The third-order valence-corrected chi connectivity index (χ3v) is 4.43. The van der Waals surface area contributed by atoms with E-state index in [1.807, 2.05) is 35.2 Å². The summed E-state index contributed by atoms with van der Waals surface area (Å²) in [5.74, 6) is 0.142. The molecule has 1 amide bonds. The molecule has 20 heavy (non-hydrogen) atoms. The van der Waals surface area contributed by atoms with Crippen molar-refractivity contribution in [1.82, 2.24) is 14.8 Å². The Morgan fingerprint density at radius 2 is 1.90 bits per heavy atom. The van der Waals surface area contributed by atoms with Crippen molar-refractivity contribution in [1.29, 1.82) is 0 Å². The van der Waals surface area contributed by atoms with E-state index in [1.165, 1.54) is 0 Å². The number of hydrogen-bond acceptors (Lipinski definition) is 3. The van der Waals surface area contributed by atoms with Crippen LogP contribution in [-0.4, -0.2) is 53.9 Å². The van der Waals surface area contributed by atoms with Gasteiger partial charge in [-0.1, -0.05) is 18.2 Å².